The van der Waals surface area contributed by atoms with Gasteiger partial charge in [0.25, 0.3) is 5.91 Å². The molecule has 5 rings (SSSR count). The molecular formula is C23H31N3O. The maximum Gasteiger partial charge on any atom is 0.254 e. The van der Waals surface area contributed by atoms with E-state index >= 15 is 0 Å². The summed E-state index contributed by atoms with van der Waals surface area (Å²) in [6.07, 6.45) is 11.2. The summed E-state index contributed by atoms with van der Waals surface area (Å²) in [5.74, 6) is 1.07. The van der Waals surface area contributed by atoms with E-state index in [9.17, 15) is 4.79 Å². The molecule has 27 heavy (non-hydrogen) atoms. The van der Waals surface area contributed by atoms with E-state index in [0.717, 1.165) is 44.0 Å². The monoisotopic (exact) mass is 365 g/mol. The van der Waals surface area contributed by atoms with Gasteiger partial charge in [0.05, 0.1) is 0 Å². The van der Waals surface area contributed by atoms with E-state index in [1.54, 1.807) is 0 Å². The average molecular weight is 366 g/mol. The first-order chi connectivity index (χ1) is 13.3. The number of likely N-dealkylation sites (tertiary alicyclic amines) is 2. The molecule has 0 bridgehead atoms. The predicted octanol–water partition coefficient (Wildman–Crippen LogP) is 4.14. The molecule has 1 amide bonds. The second kappa shape index (κ2) is 7.31. The number of nitrogens with zero attached hydrogens (tertiary/aromatic N) is 3. The molecule has 1 atom stereocenters. The standard InChI is InChI=1S/C23H31N3O/c27-23(26-13-4-7-21(26)17-24-11-1-2-12-24)20-8-9-22-19(15-20)10-14-25(22)16-18-5-3-6-18/h8-10,14-15,18,21H,1-7,11-13,16-17H2/t21-/m0/s1. The van der Waals surface area contributed by atoms with Crippen molar-refractivity contribution in [2.45, 2.75) is 57.5 Å². The number of carbonyl (C=O) groups is 1. The summed E-state index contributed by atoms with van der Waals surface area (Å²) < 4.78 is 2.37. The molecule has 2 saturated heterocycles. The lowest BCUT2D eigenvalue weighted by Gasteiger charge is -2.28. The fourth-order valence-electron chi connectivity index (χ4n) is 5.17. The van der Waals surface area contributed by atoms with E-state index in [4.69, 9.17) is 0 Å². The molecule has 1 saturated carbocycles. The lowest BCUT2D eigenvalue weighted by molar-refractivity contribution is 0.0709. The average Bonchev–Trinajstić information content (AvgIpc) is 3.39. The zero-order valence-corrected chi connectivity index (χ0v) is 16.3. The summed E-state index contributed by atoms with van der Waals surface area (Å²) in [5, 5.41) is 1.20. The van der Waals surface area contributed by atoms with Gasteiger partial charge >= 0.3 is 0 Å². The third-order valence-corrected chi connectivity index (χ3v) is 7.00. The number of benzene rings is 1. The van der Waals surface area contributed by atoms with Crippen LogP contribution in [-0.2, 0) is 6.54 Å². The van der Waals surface area contributed by atoms with E-state index in [2.05, 4.69) is 38.8 Å². The Morgan fingerprint density at radius 2 is 1.78 bits per heavy atom. The summed E-state index contributed by atoms with van der Waals surface area (Å²) in [4.78, 5) is 17.9. The SMILES string of the molecule is O=C(c1ccc2c(ccn2CC2CCC2)c1)N1CCC[C@H]1CN1CCCC1. The number of rotatable bonds is 5. The van der Waals surface area contributed by atoms with Gasteiger partial charge in [-0.25, -0.2) is 0 Å². The number of hydrogen-bond acceptors (Lipinski definition) is 2. The molecule has 4 nitrogen and oxygen atoms in total. The number of aromatic nitrogens is 1. The van der Waals surface area contributed by atoms with Crippen LogP contribution in [0.15, 0.2) is 30.5 Å². The van der Waals surface area contributed by atoms with Crippen LogP contribution in [0.2, 0.25) is 0 Å². The zero-order chi connectivity index (χ0) is 18.2. The maximum atomic E-state index is 13.2. The van der Waals surface area contributed by atoms with Gasteiger partial charge in [-0.3, -0.25) is 4.79 Å². The minimum absolute atomic E-state index is 0.227. The molecule has 0 radical (unpaired) electrons. The molecule has 4 heteroatoms. The van der Waals surface area contributed by atoms with Gasteiger partial charge in [0.15, 0.2) is 0 Å². The Morgan fingerprint density at radius 1 is 0.926 bits per heavy atom. The van der Waals surface area contributed by atoms with Crippen molar-refractivity contribution in [3.8, 4) is 0 Å². The summed E-state index contributed by atoms with van der Waals surface area (Å²) in [6, 6.07) is 8.89. The fraction of sp³-hybridized carbons (Fsp3) is 0.609. The normalized spacial score (nSPS) is 24.0. The van der Waals surface area contributed by atoms with E-state index in [-0.39, 0.29) is 5.91 Å². The van der Waals surface area contributed by atoms with Crippen molar-refractivity contribution in [1.82, 2.24) is 14.4 Å². The van der Waals surface area contributed by atoms with Crippen molar-refractivity contribution in [3.63, 3.8) is 0 Å². The molecule has 0 N–H and O–H groups in total. The molecule has 3 heterocycles. The van der Waals surface area contributed by atoms with Gasteiger partial charge in [-0.15, -0.1) is 0 Å². The van der Waals surface area contributed by atoms with Crippen LogP contribution in [-0.4, -0.2) is 52.5 Å². The second-order valence-electron chi connectivity index (χ2n) is 8.84. The Labute approximate surface area is 162 Å². The van der Waals surface area contributed by atoms with Crippen molar-refractivity contribution in [2.24, 2.45) is 5.92 Å². The Balaban J connectivity index is 1.32. The van der Waals surface area contributed by atoms with Gasteiger partial charge in [-0.1, -0.05) is 6.42 Å². The topological polar surface area (TPSA) is 28.5 Å². The maximum absolute atomic E-state index is 13.2. The Hall–Kier alpha value is -1.81. The Bertz CT molecular complexity index is 816. The summed E-state index contributed by atoms with van der Waals surface area (Å²) in [5.41, 5.74) is 2.13. The van der Waals surface area contributed by atoms with Crippen LogP contribution in [0.5, 0.6) is 0 Å². The number of fused-ring (bicyclic) bond motifs is 1. The van der Waals surface area contributed by atoms with Crippen molar-refractivity contribution in [3.05, 3.63) is 36.0 Å². The van der Waals surface area contributed by atoms with Gasteiger partial charge < -0.3 is 14.4 Å². The Kier molecular flexibility index (Phi) is 4.68. The molecule has 2 aromatic rings. The van der Waals surface area contributed by atoms with Gasteiger partial charge in [0, 0.05) is 48.3 Å². The van der Waals surface area contributed by atoms with Crippen LogP contribution >= 0.6 is 0 Å². The van der Waals surface area contributed by atoms with E-state index < -0.39 is 0 Å². The highest BCUT2D eigenvalue weighted by atomic mass is 16.2. The number of carbonyl (C=O) groups excluding carboxylic acids is 1. The van der Waals surface area contributed by atoms with Crippen LogP contribution in [0.4, 0.5) is 0 Å². The Morgan fingerprint density at radius 3 is 2.56 bits per heavy atom. The number of hydrogen-bond donors (Lipinski definition) is 0. The molecule has 1 aromatic heterocycles. The predicted molar refractivity (Wildman–Crippen MR) is 109 cm³/mol. The van der Waals surface area contributed by atoms with E-state index in [0.29, 0.717) is 6.04 Å². The number of amides is 1. The van der Waals surface area contributed by atoms with Crippen LogP contribution in [0, 0.1) is 5.92 Å². The van der Waals surface area contributed by atoms with Crippen LogP contribution in [0.25, 0.3) is 10.9 Å². The zero-order valence-electron chi connectivity index (χ0n) is 16.3. The van der Waals surface area contributed by atoms with Crippen molar-refractivity contribution in [2.75, 3.05) is 26.2 Å². The molecule has 1 aromatic carbocycles. The first-order valence-electron chi connectivity index (χ1n) is 10.9. The van der Waals surface area contributed by atoms with Crippen molar-refractivity contribution < 1.29 is 4.79 Å². The largest absolute Gasteiger partial charge is 0.347 e. The minimum atomic E-state index is 0.227. The van der Waals surface area contributed by atoms with Gasteiger partial charge in [-0.05, 0) is 81.8 Å². The van der Waals surface area contributed by atoms with Gasteiger partial charge in [-0.2, -0.15) is 0 Å². The van der Waals surface area contributed by atoms with Crippen LogP contribution < -0.4 is 0 Å². The lowest BCUT2D eigenvalue weighted by atomic mass is 9.85. The minimum Gasteiger partial charge on any atom is -0.347 e. The lowest BCUT2D eigenvalue weighted by Crippen LogP contribution is -2.42. The quantitative estimate of drug-likeness (QED) is 0.797. The van der Waals surface area contributed by atoms with E-state index in [1.807, 2.05) is 6.07 Å². The smallest absolute Gasteiger partial charge is 0.254 e. The summed E-state index contributed by atoms with van der Waals surface area (Å²) in [6.45, 7) is 5.52. The molecule has 1 aliphatic carbocycles. The second-order valence-corrected chi connectivity index (χ2v) is 8.84. The van der Waals surface area contributed by atoms with Crippen molar-refractivity contribution in [1.29, 1.82) is 0 Å². The summed E-state index contributed by atoms with van der Waals surface area (Å²) in [7, 11) is 0. The van der Waals surface area contributed by atoms with Crippen LogP contribution in [0.3, 0.4) is 0 Å². The molecule has 0 unspecified atom stereocenters. The summed E-state index contributed by atoms with van der Waals surface area (Å²) >= 11 is 0. The molecule has 3 aliphatic rings. The molecule has 0 spiro atoms. The first-order valence-corrected chi connectivity index (χ1v) is 10.9. The molecular weight excluding hydrogens is 334 g/mol. The molecule has 2 aliphatic heterocycles. The third-order valence-electron chi connectivity index (χ3n) is 7.00. The highest BCUT2D eigenvalue weighted by Crippen LogP contribution is 2.30. The highest BCUT2D eigenvalue weighted by molar-refractivity contribution is 5.98. The molecule has 144 valence electrons. The van der Waals surface area contributed by atoms with Gasteiger partial charge in [0.2, 0.25) is 0 Å². The fourth-order valence-corrected chi connectivity index (χ4v) is 5.17. The third kappa shape index (κ3) is 3.40. The van der Waals surface area contributed by atoms with Gasteiger partial charge in [0.1, 0.15) is 0 Å². The van der Waals surface area contributed by atoms with Crippen LogP contribution in [0.1, 0.15) is 55.3 Å². The van der Waals surface area contributed by atoms with Crippen molar-refractivity contribution >= 4 is 16.8 Å². The highest BCUT2D eigenvalue weighted by Gasteiger charge is 2.31. The van der Waals surface area contributed by atoms with E-state index in [1.165, 1.54) is 56.1 Å². The first kappa shape index (κ1) is 17.3. The molecule has 3 fully saturated rings.